The van der Waals surface area contributed by atoms with E-state index >= 15 is 0 Å². The highest BCUT2D eigenvalue weighted by atomic mass is 32.1. The van der Waals surface area contributed by atoms with Gasteiger partial charge in [0.1, 0.15) is 15.6 Å². The van der Waals surface area contributed by atoms with E-state index in [0.29, 0.717) is 31.5 Å². The molecule has 4 heterocycles. The topological polar surface area (TPSA) is 102 Å². The van der Waals surface area contributed by atoms with Gasteiger partial charge in [-0.1, -0.05) is 55.0 Å². The molecule has 2 aliphatic rings. The van der Waals surface area contributed by atoms with Gasteiger partial charge in [-0.3, -0.25) is 19.2 Å². The van der Waals surface area contributed by atoms with E-state index in [9.17, 15) is 19.2 Å². The lowest BCUT2D eigenvalue weighted by atomic mass is 9.78. The van der Waals surface area contributed by atoms with Crippen molar-refractivity contribution in [3.05, 3.63) is 118 Å². The Morgan fingerprint density at radius 3 is 1.68 bits per heavy atom. The van der Waals surface area contributed by atoms with Crippen LogP contribution in [0.25, 0.3) is 40.7 Å². The van der Waals surface area contributed by atoms with Gasteiger partial charge in [-0.2, -0.15) is 0 Å². The molecule has 0 radical (unpaired) electrons. The number of benzene rings is 2. The van der Waals surface area contributed by atoms with Crippen molar-refractivity contribution < 1.29 is 4.74 Å². The van der Waals surface area contributed by atoms with Crippen LogP contribution in [-0.4, -0.2) is 0 Å². The molecule has 7 nitrogen and oxygen atoms in total. The Morgan fingerprint density at radius 1 is 0.614 bits per heavy atom. The van der Waals surface area contributed by atoms with Crippen LogP contribution in [0, 0.1) is 0 Å². The fourth-order valence-electron chi connectivity index (χ4n) is 6.74. The first-order chi connectivity index (χ1) is 21.4. The van der Waals surface area contributed by atoms with Crippen molar-refractivity contribution in [3.8, 4) is 15.5 Å². The van der Waals surface area contributed by atoms with Crippen molar-refractivity contribution in [2.24, 2.45) is 9.98 Å². The fourth-order valence-corrected chi connectivity index (χ4v) is 10.4. The van der Waals surface area contributed by atoms with Crippen LogP contribution < -0.4 is 37.2 Å². The summed E-state index contributed by atoms with van der Waals surface area (Å²) in [5.74, 6) is 0.796. The molecule has 10 heteroatoms. The van der Waals surface area contributed by atoms with E-state index in [1.165, 1.54) is 22.7 Å². The molecule has 0 N–H and O–H groups in total. The zero-order valence-corrected chi connectivity index (χ0v) is 25.4. The number of fused-ring (bicyclic) bond motifs is 8. The Hall–Kier alpha value is -4.38. The van der Waals surface area contributed by atoms with Gasteiger partial charge >= 0.3 is 0 Å². The lowest BCUT2D eigenvalue weighted by molar-refractivity contribution is 0.0267. The van der Waals surface area contributed by atoms with Crippen LogP contribution in [0.2, 0.25) is 0 Å². The zero-order valence-electron chi connectivity index (χ0n) is 23.0. The van der Waals surface area contributed by atoms with Crippen molar-refractivity contribution in [1.82, 2.24) is 0 Å². The largest absolute Gasteiger partial charge is 0.479 e. The third-order valence-electron chi connectivity index (χ3n) is 8.82. The molecule has 1 spiro atoms. The summed E-state index contributed by atoms with van der Waals surface area (Å²) >= 11 is 4.48. The molecule has 1 aliphatic carbocycles. The Balaban J connectivity index is 1.22. The molecule has 0 unspecified atom stereocenters. The van der Waals surface area contributed by atoms with Gasteiger partial charge in [-0.25, -0.2) is 9.98 Å². The Bertz CT molecular complexity index is 2570. The predicted octanol–water partition coefficient (Wildman–Crippen LogP) is 6.21. The number of ether oxygens (including phenoxy) is 1. The van der Waals surface area contributed by atoms with Crippen LogP contribution >= 0.6 is 34.0 Å². The maximum atomic E-state index is 13.1. The molecular formula is C34H20N2O5S3. The summed E-state index contributed by atoms with van der Waals surface area (Å²) in [6, 6.07) is 17.6. The maximum Gasteiger partial charge on any atom is 0.216 e. The van der Waals surface area contributed by atoms with Crippen LogP contribution in [0.3, 0.4) is 0 Å². The summed E-state index contributed by atoms with van der Waals surface area (Å²) in [6.45, 7) is 0. The van der Waals surface area contributed by atoms with Gasteiger partial charge < -0.3 is 4.74 Å². The van der Waals surface area contributed by atoms with Gasteiger partial charge in [0.25, 0.3) is 0 Å². The standard InChI is InChI=1S/C34H20N2O5S3/c37-26-16-8-2-3-9-17(16)27(38)24(26)35-22-14-20-31(43-22)33-30(41-34(20)12-6-1-7-13-34)32-21(42-33)15-23(44-32)36-25-28(39)18-10-4-5-11-19(18)29(25)40/h2-5,8-11,14-15H,1,6-7,12-13H2. The Labute approximate surface area is 259 Å². The van der Waals surface area contributed by atoms with Crippen LogP contribution in [0.4, 0.5) is 10.0 Å². The van der Waals surface area contributed by atoms with Crippen LogP contribution in [0.1, 0.15) is 37.7 Å². The second kappa shape index (κ2) is 9.31. The lowest BCUT2D eigenvalue weighted by Gasteiger charge is -2.40. The summed E-state index contributed by atoms with van der Waals surface area (Å²) < 4.78 is 8.86. The van der Waals surface area contributed by atoms with Gasteiger partial charge in [0.15, 0.2) is 16.5 Å². The van der Waals surface area contributed by atoms with Crippen LogP contribution in [0.15, 0.2) is 89.8 Å². The first kappa shape index (κ1) is 26.1. The van der Waals surface area contributed by atoms with E-state index in [0.717, 1.165) is 62.6 Å². The summed E-state index contributed by atoms with van der Waals surface area (Å²) in [6.07, 6.45) is 4.91. The average molecular weight is 633 g/mol. The second-order valence-electron chi connectivity index (χ2n) is 11.4. The number of hydrogen-bond donors (Lipinski definition) is 0. The van der Waals surface area contributed by atoms with E-state index in [1.807, 2.05) is 12.1 Å². The predicted molar refractivity (Wildman–Crippen MR) is 177 cm³/mol. The highest BCUT2D eigenvalue weighted by Crippen LogP contribution is 2.61. The van der Waals surface area contributed by atoms with Crippen molar-refractivity contribution in [3.63, 3.8) is 0 Å². The molecule has 4 aromatic carbocycles. The quantitative estimate of drug-likeness (QED) is 0.226. The second-order valence-corrected chi connectivity index (χ2v) is 14.5. The third kappa shape index (κ3) is 3.59. The minimum atomic E-state index is -0.523. The maximum absolute atomic E-state index is 13.1. The SMILES string of the molecule is O=c1c(=Nc2cc3c(s2)-c2sc4cc(N=c5c(=O)c6ccccc6c5=O)sc4c2OC32CCCCC2)c(=O)c2ccccc12. The molecule has 44 heavy (non-hydrogen) atoms. The molecule has 1 saturated carbocycles. The minimum absolute atomic E-state index is 0.0438. The molecule has 0 saturated heterocycles. The zero-order chi connectivity index (χ0) is 29.7. The highest BCUT2D eigenvalue weighted by molar-refractivity contribution is 7.33. The Morgan fingerprint density at radius 2 is 1.14 bits per heavy atom. The normalized spacial score (nSPS) is 15.5. The van der Waals surface area contributed by atoms with E-state index in [-0.39, 0.29) is 32.4 Å². The van der Waals surface area contributed by atoms with Crippen molar-refractivity contribution in [2.45, 2.75) is 37.7 Å². The monoisotopic (exact) mass is 632 g/mol. The van der Waals surface area contributed by atoms with E-state index in [1.54, 1.807) is 59.9 Å². The van der Waals surface area contributed by atoms with Gasteiger partial charge in [-0.15, -0.1) is 34.0 Å². The van der Waals surface area contributed by atoms with Crippen molar-refractivity contribution >= 4 is 75.0 Å². The molecule has 9 rings (SSSR count). The number of nitrogens with zero attached hydrogens (tertiary/aromatic N) is 2. The number of rotatable bonds is 2. The Kier molecular flexibility index (Phi) is 5.51. The van der Waals surface area contributed by atoms with E-state index in [2.05, 4.69) is 9.98 Å². The van der Waals surface area contributed by atoms with Gasteiger partial charge in [0, 0.05) is 27.1 Å². The van der Waals surface area contributed by atoms with E-state index < -0.39 is 5.60 Å². The highest BCUT2D eigenvalue weighted by Gasteiger charge is 2.45. The molecule has 1 aliphatic heterocycles. The summed E-state index contributed by atoms with van der Waals surface area (Å²) in [5.41, 5.74) is -0.823. The van der Waals surface area contributed by atoms with Crippen molar-refractivity contribution in [1.29, 1.82) is 0 Å². The lowest BCUT2D eigenvalue weighted by Crippen LogP contribution is -2.37. The van der Waals surface area contributed by atoms with Crippen LogP contribution in [0.5, 0.6) is 5.75 Å². The fraction of sp³-hybridized carbons (Fsp3) is 0.176. The first-order valence-electron chi connectivity index (χ1n) is 14.4. The molecule has 0 amide bonds. The van der Waals surface area contributed by atoms with Gasteiger partial charge in [0.2, 0.25) is 21.7 Å². The summed E-state index contributed by atoms with van der Waals surface area (Å²) in [7, 11) is 0. The van der Waals surface area contributed by atoms with Gasteiger partial charge in [-0.05, 0) is 37.8 Å². The summed E-state index contributed by atoms with van der Waals surface area (Å²) in [5, 5.41) is 2.68. The van der Waals surface area contributed by atoms with Crippen molar-refractivity contribution in [2.75, 3.05) is 0 Å². The molecule has 7 aromatic rings. The van der Waals surface area contributed by atoms with E-state index in [4.69, 9.17) is 4.74 Å². The van der Waals surface area contributed by atoms with Crippen LogP contribution in [-0.2, 0) is 5.60 Å². The summed E-state index contributed by atoms with van der Waals surface area (Å²) in [4.78, 5) is 63.3. The molecule has 214 valence electrons. The number of thiophene rings is 3. The first-order valence-corrected chi connectivity index (χ1v) is 16.8. The minimum Gasteiger partial charge on any atom is -0.479 e. The number of hydrogen-bond acceptors (Lipinski definition) is 10. The third-order valence-corrected chi connectivity index (χ3v) is 12.3. The smallest absolute Gasteiger partial charge is 0.216 e. The average Bonchev–Trinajstić information content (AvgIpc) is 3.83. The van der Waals surface area contributed by atoms with Gasteiger partial charge in [0.05, 0.1) is 19.2 Å². The molecule has 0 bridgehead atoms. The molecule has 0 atom stereocenters. The molecule has 3 aromatic heterocycles. The molecule has 1 fully saturated rings. The molecular weight excluding hydrogens is 613 g/mol.